The maximum Gasteiger partial charge on any atom is 0.0456 e. The molecule has 0 saturated heterocycles. The number of para-hydroxylation sites is 1. The van der Waals surface area contributed by atoms with Crippen molar-refractivity contribution < 1.29 is 0 Å². The first-order chi connectivity index (χ1) is 11.4. The highest BCUT2D eigenvalue weighted by Gasteiger charge is 2.30. The van der Waals surface area contributed by atoms with E-state index in [0.717, 1.165) is 25.3 Å². The average Bonchev–Trinajstić information content (AvgIpc) is 3.36. The van der Waals surface area contributed by atoms with Crippen LogP contribution in [-0.2, 0) is 12.8 Å². The van der Waals surface area contributed by atoms with Crippen LogP contribution in [0, 0.1) is 5.92 Å². The molecular formula is C20H23N3. The molecule has 1 aromatic carbocycles. The summed E-state index contributed by atoms with van der Waals surface area (Å²) in [6, 6.07) is 15.3. The Bertz CT molecular complexity index is 759. The molecule has 1 aliphatic carbocycles. The van der Waals surface area contributed by atoms with Gasteiger partial charge in [0, 0.05) is 41.5 Å². The van der Waals surface area contributed by atoms with E-state index in [0.29, 0.717) is 6.04 Å². The second-order valence-corrected chi connectivity index (χ2v) is 6.53. The Balaban J connectivity index is 1.37. The number of hydrogen-bond acceptors (Lipinski definition) is 2. The van der Waals surface area contributed by atoms with Crippen LogP contribution in [0.15, 0.2) is 54.9 Å². The minimum atomic E-state index is 0.565. The Labute approximate surface area is 137 Å². The van der Waals surface area contributed by atoms with Gasteiger partial charge < -0.3 is 10.3 Å². The lowest BCUT2D eigenvalue weighted by Crippen LogP contribution is -2.34. The molecular weight excluding hydrogens is 282 g/mol. The lowest BCUT2D eigenvalue weighted by atomic mass is 10.1. The molecule has 1 saturated carbocycles. The molecule has 0 radical (unpaired) electrons. The molecule has 23 heavy (non-hydrogen) atoms. The van der Waals surface area contributed by atoms with Crippen molar-refractivity contribution in [3.63, 3.8) is 0 Å². The average molecular weight is 305 g/mol. The number of rotatable bonds is 7. The zero-order valence-corrected chi connectivity index (χ0v) is 13.3. The molecule has 3 heteroatoms. The van der Waals surface area contributed by atoms with E-state index in [2.05, 4.69) is 57.9 Å². The summed E-state index contributed by atoms with van der Waals surface area (Å²) < 4.78 is 0. The van der Waals surface area contributed by atoms with Crippen LogP contribution >= 0.6 is 0 Å². The number of nitrogens with one attached hydrogen (secondary N) is 2. The fraction of sp³-hybridized carbons (Fsp3) is 0.350. The maximum atomic E-state index is 4.48. The van der Waals surface area contributed by atoms with Crippen LogP contribution in [0.2, 0.25) is 0 Å². The van der Waals surface area contributed by atoms with Crippen molar-refractivity contribution in [2.45, 2.75) is 31.7 Å². The zero-order chi connectivity index (χ0) is 15.5. The molecule has 3 aromatic rings. The van der Waals surface area contributed by atoms with Gasteiger partial charge in [0.15, 0.2) is 0 Å². The van der Waals surface area contributed by atoms with E-state index in [-0.39, 0.29) is 0 Å². The van der Waals surface area contributed by atoms with Crippen LogP contribution < -0.4 is 5.32 Å². The van der Waals surface area contributed by atoms with Crippen LogP contribution in [0.4, 0.5) is 0 Å². The first-order valence-electron chi connectivity index (χ1n) is 8.58. The highest BCUT2D eigenvalue weighted by molar-refractivity contribution is 5.83. The SMILES string of the molecule is c1ccc(C[C@H](NCCc2c[nH]c3ccccc23)C2CC2)nc1. The molecule has 2 aromatic heterocycles. The number of H-pyrrole nitrogens is 1. The largest absolute Gasteiger partial charge is 0.361 e. The van der Waals surface area contributed by atoms with Crippen LogP contribution in [0.25, 0.3) is 10.9 Å². The monoisotopic (exact) mass is 305 g/mol. The summed E-state index contributed by atoms with van der Waals surface area (Å²) in [7, 11) is 0. The minimum absolute atomic E-state index is 0.565. The lowest BCUT2D eigenvalue weighted by molar-refractivity contribution is 0.459. The summed E-state index contributed by atoms with van der Waals surface area (Å²) in [6.07, 6.45) is 8.87. The molecule has 2 heterocycles. The van der Waals surface area contributed by atoms with Gasteiger partial charge >= 0.3 is 0 Å². The van der Waals surface area contributed by atoms with Crippen LogP contribution in [0.5, 0.6) is 0 Å². The summed E-state index contributed by atoms with van der Waals surface area (Å²) >= 11 is 0. The topological polar surface area (TPSA) is 40.7 Å². The molecule has 0 amide bonds. The van der Waals surface area contributed by atoms with Crippen molar-refractivity contribution in [2.24, 2.45) is 5.92 Å². The molecule has 0 aliphatic heterocycles. The molecule has 0 bridgehead atoms. The smallest absolute Gasteiger partial charge is 0.0456 e. The van der Waals surface area contributed by atoms with Gasteiger partial charge in [-0.05, 0) is 55.5 Å². The summed E-state index contributed by atoms with van der Waals surface area (Å²) in [5, 5.41) is 5.13. The Kier molecular flexibility index (Phi) is 4.12. The van der Waals surface area contributed by atoms with Crippen molar-refractivity contribution in [2.75, 3.05) is 6.54 Å². The zero-order valence-electron chi connectivity index (χ0n) is 13.3. The standard InChI is InChI=1S/C20H23N3/c1-2-7-19-18(6-1)16(14-23-19)10-12-22-20(15-8-9-15)13-17-5-3-4-11-21-17/h1-7,11,14-15,20,22-23H,8-10,12-13H2/t20-/m0/s1. The Morgan fingerprint density at radius 2 is 2.00 bits per heavy atom. The molecule has 4 rings (SSSR count). The van der Waals surface area contributed by atoms with Gasteiger partial charge in [0.2, 0.25) is 0 Å². The molecule has 2 N–H and O–H groups in total. The second kappa shape index (κ2) is 6.55. The van der Waals surface area contributed by atoms with E-state index in [9.17, 15) is 0 Å². The predicted molar refractivity (Wildman–Crippen MR) is 94.5 cm³/mol. The third kappa shape index (κ3) is 3.45. The van der Waals surface area contributed by atoms with Crippen molar-refractivity contribution in [3.05, 3.63) is 66.1 Å². The van der Waals surface area contributed by atoms with Gasteiger partial charge in [-0.3, -0.25) is 4.98 Å². The molecule has 0 unspecified atom stereocenters. The van der Waals surface area contributed by atoms with Gasteiger partial charge in [0.25, 0.3) is 0 Å². The molecule has 0 spiro atoms. The fourth-order valence-electron chi connectivity index (χ4n) is 3.38. The molecule has 118 valence electrons. The number of hydrogen-bond donors (Lipinski definition) is 2. The normalized spacial score (nSPS) is 15.8. The van der Waals surface area contributed by atoms with Crippen molar-refractivity contribution in [1.82, 2.24) is 15.3 Å². The van der Waals surface area contributed by atoms with E-state index < -0.39 is 0 Å². The first kappa shape index (κ1) is 14.5. The highest BCUT2D eigenvalue weighted by atomic mass is 14.9. The number of aromatic amines is 1. The molecule has 1 fully saturated rings. The quantitative estimate of drug-likeness (QED) is 0.698. The predicted octanol–water partition coefficient (Wildman–Crippen LogP) is 3.72. The number of benzene rings is 1. The number of pyridine rings is 1. The summed E-state index contributed by atoms with van der Waals surface area (Å²) in [6.45, 7) is 1.02. The van der Waals surface area contributed by atoms with Gasteiger partial charge in [-0.25, -0.2) is 0 Å². The Morgan fingerprint density at radius 1 is 1.13 bits per heavy atom. The maximum absolute atomic E-state index is 4.48. The molecule has 1 aliphatic rings. The van der Waals surface area contributed by atoms with Gasteiger partial charge in [0.1, 0.15) is 0 Å². The third-order valence-electron chi connectivity index (χ3n) is 4.82. The molecule has 3 nitrogen and oxygen atoms in total. The van der Waals surface area contributed by atoms with Gasteiger partial charge in [-0.1, -0.05) is 24.3 Å². The number of nitrogens with zero attached hydrogens (tertiary/aromatic N) is 1. The Hall–Kier alpha value is -2.13. The van der Waals surface area contributed by atoms with Crippen LogP contribution in [0.3, 0.4) is 0 Å². The molecule has 1 atom stereocenters. The van der Waals surface area contributed by atoms with E-state index in [1.54, 1.807) is 0 Å². The number of aromatic nitrogens is 2. The third-order valence-corrected chi connectivity index (χ3v) is 4.82. The van der Waals surface area contributed by atoms with Crippen LogP contribution in [-0.4, -0.2) is 22.6 Å². The number of fused-ring (bicyclic) bond motifs is 1. The van der Waals surface area contributed by atoms with Crippen molar-refractivity contribution >= 4 is 10.9 Å². The summed E-state index contributed by atoms with van der Waals surface area (Å²) in [5.74, 6) is 0.833. The van der Waals surface area contributed by atoms with Crippen molar-refractivity contribution in [3.8, 4) is 0 Å². The lowest BCUT2D eigenvalue weighted by Gasteiger charge is -2.18. The second-order valence-electron chi connectivity index (χ2n) is 6.53. The van der Waals surface area contributed by atoms with E-state index in [1.807, 2.05) is 12.3 Å². The van der Waals surface area contributed by atoms with Crippen LogP contribution in [0.1, 0.15) is 24.1 Å². The van der Waals surface area contributed by atoms with E-state index >= 15 is 0 Å². The Morgan fingerprint density at radius 3 is 2.83 bits per heavy atom. The summed E-state index contributed by atoms with van der Waals surface area (Å²) in [5.41, 5.74) is 3.83. The summed E-state index contributed by atoms with van der Waals surface area (Å²) in [4.78, 5) is 7.85. The van der Waals surface area contributed by atoms with Crippen molar-refractivity contribution in [1.29, 1.82) is 0 Å². The van der Waals surface area contributed by atoms with Gasteiger partial charge in [0.05, 0.1) is 0 Å². The van der Waals surface area contributed by atoms with E-state index in [1.165, 1.54) is 35.0 Å². The van der Waals surface area contributed by atoms with Gasteiger partial charge in [-0.15, -0.1) is 0 Å². The first-order valence-corrected chi connectivity index (χ1v) is 8.58. The minimum Gasteiger partial charge on any atom is -0.361 e. The van der Waals surface area contributed by atoms with Gasteiger partial charge in [-0.2, -0.15) is 0 Å². The highest BCUT2D eigenvalue weighted by Crippen LogP contribution is 2.34. The van der Waals surface area contributed by atoms with E-state index in [4.69, 9.17) is 0 Å². The fourth-order valence-corrected chi connectivity index (χ4v) is 3.38.